The predicted octanol–water partition coefficient (Wildman–Crippen LogP) is 16.1. The summed E-state index contributed by atoms with van der Waals surface area (Å²) in [4.78, 5) is 21.4. The summed E-state index contributed by atoms with van der Waals surface area (Å²) >= 11 is 0. The third-order valence-electron chi connectivity index (χ3n) is 9.83. The van der Waals surface area contributed by atoms with Crippen molar-refractivity contribution in [1.29, 1.82) is 0 Å². The Morgan fingerprint density at radius 1 is 0.529 bits per heavy atom. The Bertz CT molecular complexity index is 2070. The highest BCUT2D eigenvalue weighted by atomic mass is 16.5. The first-order chi connectivity index (χ1) is 30.7. The number of allylic oxidation sites excluding steroid dienone is 1. The fraction of sp³-hybridized carbons (Fsp3) is 0.614. The molecule has 0 atom stereocenters. The van der Waals surface area contributed by atoms with Crippen molar-refractivity contribution in [3.8, 4) is 0 Å². The molecular weight excluding hydrogens is 849 g/mol. The van der Waals surface area contributed by atoms with Gasteiger partial charge in [-0.05, 0) is 48.6 Å². The minimum absolute atomic E-state index is 0. The Morgan fingerprint density at radius 3 is 1.46 bits per heavy atom. The van der Waals surface area contributed by atoms with Crippen molar-refractivity contribution in [1.82, 2.24) is 15.1 Å². The predicted molar refractivity (Wildman–Crippen MR) is 287 cm³/mol. The molecule has 11 nitrogen and oxygen atoms in total. The first-order valence-electron chi connectivity index (χ1n) is 23.8. The van der Waals surface area contributed by atoms with Crippen LogP contribution < -0.4 is 0 Å². The Labute approximate surface area is 412 Å². The number of benzene rings is 1. The molecule has 7 heterocycles. The maximum absolute atomic E-state index is 5.62. The van der Waals surface area contributed by atoms with Crippen molar-refractivity contribution in [2.75, 3.05) is 26.2 Å². The van der Waals surface area contributed by atoms with Gasteiger partial charge >= 0.3 is 0 Å². The Kier molecular flexibility index (Phi) is 23.4. The van der Waals surface area contributed by atoms with Crippen molar-refractivity contribution in [2.24, 2.45) is 31.2 Å². The van der Waals surface area contributed by atoms with Crippen molar-refractivity contribution < 1.29 is 22.5 Å². The molecule has 5 aromatic rings. The molecule has 0 saturated carbocycles. The van der Waals surface area contributed by atoms with Gasteiger partial charge in [-0.25, -0.2) is 9.97 Å². The Balaban J connectivity index is 0.000000398. The van der Waals surface area contributed by atoms with E-state index in [0.29, 0.717) is 5.41 Å². The lowest BCUT2D eigenvalue weighted by molar-refractivity contribution is 0.302. The van der Waals surface area contributed by atoms with E-state index >= 15 is 0 Å². The summed E-state index contributed by atoms with van der Waals surface area (Å²) in [6.45, 7) is 48.3. The van der Waals surface area contributed by atoms with Crippen molar-refractivity contribution in [3.63, 3.8) is 0 Å². The number of rotatable bonds is 0. The maximum Gasteiger partial charge on any atom is 0.200 e. The van der Waals surface area contributed by atoms with Gasteiger partial charge in [-0.3, -0.25) is 15.0 Å². The van der Waals surface area contributed by atoms with Crippen LogP contribution in [0.5, 0.6) is 0 Å². The number of furan rings is 1. The molecule has 4 aromatic heterocycles. The summed E-state index contributed by atoms with van der Waals surface area (Å²) in [5, 5.41) is 3.61. The molecule has 0 aliphatic carbocycles. The van der Waals surface area contributed by atoms with Gasteiger partial charge in [-0.1, -0.05) is 176 Å². The summed E-state index contributed by atoms with van der Waals surface area (Å²) in [6.07, 6.45) is 13.3. The first-order valence-corrected chi connectivity index (χ1v) is 23.8. The summed E-state index contributed by atoms with van der Waals surface area (Å²) in [5.74, 6) is 4.48. The first kappa shape index (κ1) is 61.0. The van der Waals surface area contributed by atoms with E-state index < -0.39 is 0 Å². The average molecular weight is 941 g/mol. The highest BCUT2D eigenvalue weighted by Crippen LogP contribution is 2.27. The summed E-state index contributed by atoms with van der Waals surface area (Å²) in [6, 6.07) is 13.6. The summed E-state index contributed by atoms with van der Waals surface area (Å²) in [5.41, 5.74) is 5.40. The van der Waals surface area contributed by atoms with Crippen LogP contribution in [0.25, 0.3) is 11.1 Å². The number of hydrogen-bond acceptors (Lipinski definition) is 11. The number of oxazole rings is 2. The van der Waals surface area contributed by atoms with Crippen LogP contribution in [0.3, 0.4) is 0 Å². The van der Waals surface area contributed by atoms with Gasteiger partial charge in [-0.2, -0.15) is 0 Å². The highest BCUT2D eigenvalue weighted by Gasteiger charge is 2.24. The lowest BCUT2D eigenvalue weighted by atomic mass is 9.88. The minimum atomic E-state index is -0.0149. The number of aliphatic imine (C=N–C) groups is 3. The molecule has 380 valence electrons. The van der Waals surface area contributed by atoms with Crippen molar-refractivity contribution in [2.45, 2.75) is 187 Å². The SMILES string of the molecule is C.CC(C)(C)C1=NCC=C1.CC(C)(C)C1=NCCC1.CC(C)(C)C1=NCCO1.CC(C)(C)c1ccco1.CC(C)(C)c1ccno1.CC(C)(C)c1nc2ccccc2o1.CC(C)(C)c1ncco1. The Hall–Kier alpha value is -5.06. The van der Waals surface area contributed by atoms with E-state index in [1.807, 2.05) is 42.5 Å². The number of aromatic nitrogens is 3. The molecule has 0 fully saturated rings. The molecule has 0 N–H and O–H groups in total. The molecule has 0 unspecified atom stereocenters. The molecule has 0 bridgehead atoms. The van der Waals surface area contributed by atoms with E-state index in [0.717, 1.165) is 66.5 Å². The van der Waals surface area contributed by atoms with Gasteiger partial charge in [-0.15, -0.1) is 0 Å². The second kappa shape index (κ2) is 26.1. The van der Waals surface area contributed by atoms with E-state index in [1.54, 1.807) is 24.9 Å². The smallest absolute Gasteiger partial charge is 0.200 e. The molecular formula is C57H92N6O5. The zero-order chi connectivity index (χ0) is 50.9. The molecule has 0 amide bonds. The van der Waals surface area contributed by atoms with Crippen LogP contribution in [0.2, 0.25) is 0 Å². The zero-order valence-electron chi connectivity index (χ0n) is 45.5. The van der Waals surface area contributed by atoms with Crippen LogP contribution in [0.1, 0.15) is 189 Å². The van der Waals surface area contributed by atoms with Crippen LogP contribution in [0, 0.1) is 16.2 Å². The fourth-order valence-corrected chi connectivity index (χ4v) is 5.89. The third kappa shape index (κ3) is 22.8. The largest absolute Gasteiger partial charge is 0.479 e. The molecule has 8 rings (SSSR count). The van der Waals surface area contributed by atoms with Crippen LogP contribution in [0.4, 0.5) is 0 Å². The molecule has 3 aliphatic heterocycles. The van der Waals surface area contributed by atoms with Crippen LogP contribution >= 0.6 is 0 Å². The van der Waals surface area contributed by atoms with Crippen LogP contribution in [-0.4, -0.2) is 58.7 Å². The Morgan fingerprint density at radius 2 is 1.16 bits per heavy atom. The van der Waals surface area contributed by atoms with Crippen LogP contribution in [0.15, 0.2) is 112 Å². The number of fused-ring (bicyclic) bond motifs is 1. The lowest BCUT2D eigenvalue weighted by Gasteiger charge is -2.17. The van der Waals surface area contributed by atoms with Crippen molar-refractivity contribution in [3.05, 3.63) is 103 Å². The standard InChI is InChI=1S/C11H13NO.C8H15N.C8H13N.C8H12O.C7H13NO.2C7H11NO.CH4/c1-11(2,3)10-12-8-6-4-5-7-9(8)13-10;3*1-8(2,3)7-5-4-6-9-7;2*1-7(2,3)6-8-4-5-9-6;1-7(2,3)6-4-5-8-9-6;/h4-7H,1-3H3;4-6H2,1-3H3;4-5H,6H2,1-3H3;4-6H,1-3H3;4-5H2,1-3H3;2*4-5H,1-3H3;1H4. The van der Waals surface area contributed by atoms with Gasteiger partial charge in [0.2, 0.25) is 5.89 Å². The molecule has 11 heteroatoms. The van der Waals surface area contributed by atoms with Crippen molar-refractivity contribution >= 4 is 28.4 Å². The second-order valence-electron chi connectivity index (χ2n) is 24.0. The van der Waals surface area contributed by atoms with E-state index in [1.165, 1.54) is 24.3 Å². The maximum atomic E-state index is 5.62. The zero-order valence-corrected chi connectivity index (χ0v) is 45.5. The fourth-order valence-electron chi connectivity index (χ4n) is 5.89. The number of para-hydroxylation sites is 2. The molecule has 68 heavy (non-hydrogen) atoms. The normalized spacial score (nSPS) is 14.7. The van der Waals surface area contributed by atoms with Gasteiger partial charge in [0.25, 0.3) is 0 Å². The van der Waals surface area contributed by atoms with Crippen LogP contribution in [-0.2, 0) is 26.4 Å². The topological polar surface area (TPSA) is 138 Å². The molecule has 0 saturated heterocycles. The van der Waals surface area contributed by atoms with Gasteiger partial charge in [0.05, 0.1) is 31.7 Å². The van der Waals surface area contributed by atoms with Gasteiger partial charge < -0.3 is 22.5 Å². The molecule has 0 radical (unpaired) electrons. The second-order valence-corrected chi connectivity index (χ2v) is 24.0. The minimum Gasteiger partial charge on any atom is -0.479 e. The number of ether oxygens (including phenoxy) is 1. The average Bonchev–Trinajstić information content (AvgIpc) is 4.08. The molecule has 1 aromatic carbocycles. The third-order valence-corrected chi connectivity index (χ3v) is 9.83. The summed E-state index contributed by atoms with van der Waals surface area (Å²) in [7, 11) is 0. The van der Waals surface area contributed by atoms with E-state index in [9.17, 15) is 0 Å². The van der Waals surface area contributed by atoms with Gasteiger partial charge in [0.15, 0.2) is 17.4 Å². The lowest BCUT2D eigenvalue weighted by Crippen LogP contribution is -2.20. The highest BCUT2D eigenvalue weighted by molar-refractivity contribution is 6.00. The van der Waals surface area contributed by atoms with E-state index in [4.69, 9.17) is 22.5 Å². The molecule has 0 spiro atoms. The summed E-state index contributed by atoms with van der Waals surface area (Å²) < 4.78 is 26.1. The van der Waals surface area contributed by atoms with E-state index in [-0.39, 0.29) is 39.9 Å². The number of nitrogens with zero attached hydrogens (tertiary/aromatic N) is 6. The molecule has 3 aliphatic rings. The number of hydrogen-bond donors (Lipinski definition) is 0. The van der Waals surface area contributed by atoms with E-state index in [2.05, 4.69) is 188 Å². The monoisotopic (exact) mass is 941 g/mol. The van der Waals surface area contributed by atoms with Gasteiger partial charge in [0.1, 0.15) is 29.9 Å². The van der Waals surface area contributed by atoms with Gasteiger partial charge in [0, 0.05) is 56.5 Å². The quantitative estimate of drug-likeness (QED) is 0.150.